The molecule has 0 spiro atoms. The quantitative estimate of drug-likeness (QED) is 0.719. The maximum absolute atomic E-state index is 6.05. The summed E-state index contributed by atoms with van der Waals surface area (Å²) in [5.74, 6) is 1.87. The molecule has 0 radical (unpaired) electrons. The Morgan fingerprint density at radius 1 is 1.08 bits per heavy atom. The molecule has 1 aromatic carbocycles. The minimum Gasteiger partial charge on any atom is -0.353 e. The molecule has 0 bridgehead atoms. The normalized spacial score (nSPS) is 15.5. The maximum Gasteiger partial charge on any atom is 0.261 e. The van der Waals surface area contributed by atoms with Gasteiger partial charge in [-0.1, -0.05) is 28.9 Å². The molecular weight excluding hydrogens is 338 g/mol. The average Bonchev–Trinajstić information content (AvgIpc) is 3.12. The summed E-state index contributed by atoms with van der Waals surface area (Å²) in [5.41, 5.74) is 1.68. The fourth-order valence-electron chi connectivity index (χ4n) is 2.91. The Morgan fingerprint density at radius 2 is 1.92 bits per heavy atom. The third kappa shape index (κ3) is 3.36. The van der Waals surface area contributed by atoms with Crippen LogP contribution in [-0.2, 0) is 0 Å². The van der Waals surface area contributed by atoms with Gasteiger partial charge in [-0.15, -0.1) is 0 Å². The number of hydrogen-bond acceptors (Lipinski definition) is 6. The van der Waals surface area contributed by atoms with E-state index in [9.17, 15) is 0 Å². The summed E-state index contributed by atoms with van der Waals surface area (Å²) in [6.45, 7) is 3.87. The molecule has 1 saturated heterocycles. The molecule has 0 aliphatic carbocycles. The second kappa shape index (κ2) is 6.82. The Balaban J connectivity index is 1.67. The van der Waals surface area contributed by atoms with Gasteiger partial charge >= 0.3 is 0 Å². The highest BCUT2D eigenvalue weighted by Crippen LogP contribution is 2.30. The fourth-order valence-corrected chi connectivity index (χ4v) is 3.10. The number of anilines is 1. The zero-order valence-electron chi connectivity index (χ0n) is 13.9. The molecule has 25 heavy (non-hydrogen) atoms. The lowest BCUT2D eigenvalue weighted by Crippen LogP contribution is -2.45. The van der Waals surface area contributed by atoms with Crippen molar-refractivity contribution in [1.82, 2.24) is 20.0 Å². The summed E-state index contributed by atoms with van der Waals surface area (Å²) in [5, 5.41) is 4.74. The molecule has 6 nitrogen and oxygen atoms in total. The molecule has 3 aromatic rings. The number of pyridine rings is 1. The first-order valence-electron chi connectivity index (χ1n) is 8.19. The van der Waals surface area contributed by atoms with Crippen LogP contribution >= 0.6 is 11.6 Å². The van der Waals surface area contributed by atoms with Crippen LogP contribution in [0, 0.1) is 0 Å². The Bertz CT molecular complexity index is 873. The van der Waals surface area contributed by atoms with E-state index in [1.54, 1.807) is 6.20 Å². The minimum absolute atomic E-state index is 0.469. The predicted molar refractivity (Wildman–Crippen MR) is 97.7 cm³/mol. The number of nitrogens with zero attached hydrogens (tertiary/aromatic N) is 5. The SMILES string of the molecule is CN1CCN(c2ncccc2-c2nc(-c3cccc(Cl)c3)no2)CC1. The van der Waals surface area contributed by atoms with Crippen molar-refractivity contribution in [1.29, 1.82) is 0 Å². The lowest BCUT2D eigenvalue weighted by atomic mass is 10.2. The minimum atomic E-state index is 0.469. The summed E-state index contributed by atoms with van der Waals surface area (Å²) < 4.78 is 5.52. The monoisotopic (exact) mass is 355 g/mol. The van der Waals surface area contributed by atoms with E-state index < -0.39 is 0 Å². The van der Waals surface area contributed by atoms with E-state index in [0.29, 0.717) is 16.7 Å². The highest BCUT2D eigenvalue weighted by Gasteiger charge is 2.21. The number of piperazine rings is 1. The Labute approximate surface area is 151 Å². The van der Waals surface area contributed by atoms with Gasteiger partial charge in [0, 0.05) is 43.0 Å². The molecule has 4 rings (SSSR count). The van der Waals surface area contributed by atoms with E-state index in [0.717, 1.165) is 43.1 Å². The lowest BCUT2D eigenvalue weighted by Gasteiger charge is -2.33. The van der Waals surface area contributed by atoms with Crippen molar-refractivity contribution in [2.24, 2.45) is 0 Å². The molecule has 0 atom stereocenters. The van der Waals surface area contributed by atoms with Gasteiger partial charge in [-0.05, 0) is 31.3 Å². The molecule has 0 N–H and O–H groups in total. The summed E-state index contributed by atoms with van der Waals surface area (Å²) in [4.78, 5) is 13.7. The Morgan fingerprint density at radius 3 is 2.72 bits per heavy atom. The number of likely N-dealkylation sites (N-methyl/N-ethyl adjacent to an activating group) is 1. The number of hydrogen-bond donors (Lipinski definition) is 0. The van der Waals surface area contributed by atoms with Crippen LogP contribution in [0.2, 0.25) is 5.02 Å². The predicted octanol–water partition coefficient (Wildman–Crippen LogP) is 3.20. The molecule has 7 heteroatoms. The van der Waals surface area contributed by atoms with Crippen LogP contribution < -0.4 is 4.90 Å². The van der Waals surface area contributed by atoms with Crippen molar-refractivity contribution in [3.05, 3.63) is 47.6 Å². The Kier molecular flexibility index (Phi) is 4.38. The molecule has 2 aromatic heterocycles. The van der Waals surface area contributed by atoms with Crippen LogP contribution in [0.4, 0.5) is 5.82 Å². The highest BCUT2D eigenvalue weighted by molar-refractivity contribution is 6.30. The van der Waals surface area contributed by atoms with Gasteiger partial charge in [-0.25, -0.2) is 4.98 Å². The maximum atomic E-state index is 6.05. The van der Waals surface area contributed by atoms with E-state index >= 15 is 0 Å². The van der Waals surface area contributed by atoms with Crippen molar-refractivity contribution < 1.29 is 4.52 Å². The first kappa shape index (κ1) is 16.1. The third-order valence-corrected chi connectivity index (χ3v) is 4.56. The van der Waals surface area contributed by atoms with Crippen LogP contribution in [-0.4, -0.2) is 53.3 Å². The molecule has 1 fully saturated rings. The van der Waals surface area contributed by atoms with Crippen LogP contribution in [0.25, 0.3) is 22.8 Å². The van der Waals surface area contributed by atoms with Crippen molar-refractivity contribution >= 4 is 17.4 Å². The summed E-state index contributed by atoms with van der Waals surface area (Å²) >= 11 is 6.05. The van der Waals surface area contributed by atoms with Gasteiger partial charge in [-0.3, -0.25) is 0 Å². The molecule has 1 aliphatic heterocycles. The number of aromatic nitrogens is 3. The smallest absolute Gasteiger partial charge is 0.261 e. The zero-order valence-corrected chi connectivity index (χ0v) is 14.6. The molecule has 0 amide bonds. The summed E-state index contributed by atoms with van der Waals surface area (Å²) in [6, 6.07) is 11.3. The molecular formula is C18H18ClN5O. The first-order chi connectivity index (χ1) is 12.2. The third-order valence-electron chi connectivity index (χ3n) is 4.33. The standard InChI is InChI=1S/C18H18ClN5O/c1-23-8-10-24(11-9-23)17-15(6-3-7-20-17)18-21-16(22-25-18)13-4-2-5-14(19)12-13/h2-7,12H,8-11H2,1H3. The van der Waals surface area contributed by atoms with Gasteiger partial charge in [0.05, 0.1) is 5.56 Å². The number of benzene rings is 1. The van der Waals surface area contributed by atoms with Gasteiger partial charge < -0.3 is 14.3 Å². The van der Waals surface area contributed by atoms with E-state index in [4.69, 9.17) is 16.1 Å². The summed E-state index contributed by atoms with van der Waals surface area (Å²) in [6.07, 6.45) is 1.80. The van der Waals surface area contributed by atoms with Gasteiger partial charge in [-0.2, -0.15) is 4.98 Å². The molecule has 1 aliphatic rings. The number of halogens is 1. The van der Waals surface area contributed by atoms with Gasteiger partial charge in [0.1, 0.15) is 5.82 Å². The van der Waals surface area contributed by atoms with Crippen LogP contribution in [0.5, 0.6) is 0 Å². The van der Waals surface area contributed by atoms with Crippen LogP contribution in [0.3, 0.4) is 0 Å². The Hall–Kier alpha value is -2.44. The van der Waals surface area contributed by atoms with Crippen molar-refractivity contribution in [2.75, 3.05) is 38.1 Å². The first-order valence-corrected chi connectivity index (χ1v) is 8.57. The van der Waals surface area contributed by atoms with E-state index in [1.807, 2.05) is 36.4 Å². The fraction of sp³-hybridized carbons (Fsp3) is 0.278. The average molecular weight is 356 g/mol. The second-order valence-electron chi connectivity index (χ2n) is 6.10. The molecule has 0 saturated carbocycles. The van der Waals surface area contributed by atoms with Crippen molar-refractivity contribution in [3.63, 3.8) is 0 Å². The van der Waals surface area contributed by atoms with E-state index in [1.165, 1.54) is 0 Å². The van der Waals surface area contributed by atoms with Crippen molar-refractivity contribution in [2.45, 2.75) is 0 Å². The summed E-state index contributed by atoms with van der Waals surface area (Å²) in [7, 11) is 2.13. The largest absolute Gasteiger partial charge is 0.353 e. The second-order valence-corrected chi connectivity index (χ2v) is 6.53. The molecule has 3 heterocycles. The number of rotatable bonds is 3. The van der Waals surface area contributed by atoms with Crippen LogP contribution in [0.1, 0.15) is 0 Å². The van der Waals surface area contributed by atoms with E-state index in [2.05, 4.69) is 32.0 Å². The zero-order chi connectivity index (χ0) is 17.2. The topological polar surface area (TPSA) is 58.3 Å². The van der Waals surface area contributed by atoms with Gasteiger partial charge in [0.15, 0.2) is 0 Å². The van der Waals surface area contributed by atoms with E-state index in [-0.39, 0.29) is 0 Å². The highest BCUT2D eigenvalue weighted by atomic mass is 35.5. The molecule has 0 unspecified atom stereocenters. The van der Waals surface area contributed by atoms with Crippen LogP contribution in [0.15, 0.2) is 47.1 Å². The molecule has 128 valence electrons. The van der Waals surface area contributed by atoms with Gasteiger partial charge in [0.2, 0.25) is 5.82 Å². The lowest BCUT2D eigenvalue weighted by molar-refractivity contribution is 0.312. The van der Waals surface area contributed by atoms with Gasteiger partial charge in [0.25, 0.3) is 5.89 Å². The van der Waals surface area contributed by atoms with Crippen molar-refractivity contribution in [3.8, 4) is 22.8 Å².